The lowest BCUT2D eigenvalue weighted by Gasteiger charge is -2.22. The molecule has 0 aromatic heterocycles. The fraction of sp³-hybridized carbons (Fsp3) is 0.846. The van der Waals surface area contributed by atoms with Crippen LogP contribution < -0.4 is 0 Å². The summed E-state index contributed by atoms with van der Waals surface area (Å²) in [5, 5.41) is 8.69. The highest BCUT2D eigenvalue weighted by molar-refractivity contribution is 5.81. The van der Waals surface area contributed by atoms with Gasteiger partial charge in [-0.05, 0) is 38.5 Å². The number of ether oxygens (including phenoxy) is 1. The molecule has 1 amide bonds. The van der Waals surface area contributed by atoms with Gasteiger partial charge in [0.1, 0.15) is 6.54 Å². The molecule has 1 N–H and O–H groups in total. The normalized spacial score (nSPS) is 16.5. The highest BCUT2D eigenvalue weighted by Gasteiger charge is 2.17. The largest absolute Gasteiger partial charge is 0.480 e. The second-order valence-corrected chi connectivity index (χ2v) is 4.75. The van der Waals surface area contributed by atoms with Crippen molar-refractivity contribution in [1.29, 1.82) is 0 Å². The van der Waals surface area contributed by atoms with E-state index in [4.69, 9.17) is 9.84 Å². The number of rotatable bonds is 7. The number of carboxylic acids is 1. The summed E-state index contributed by atoms with van der Waals surface area (Å²) in [5.74, 6) is -0.331. The van der Waals surface area contributed by atoms with E-state index in [0.717, 1.165) is 38.9 Å². The summed E-state index contributed by atoms with van der Waals surface area (Å²) < 4.78 is 5.29. The van der Waals surface area contributed by atoms with Gasteiger partial charge in [-0.15, -0.1) is 0 Å². The second kappa shape index (κ2) is 8.08. The van der Waals surface area contributed by atoms with Crippen LogP contribution in [0.4, 0.5) is 0 Å². The Morgan fingerprint density at radius 3 is 2.56 bits per heavy atom. The molecule has 0 aromatic rings. The van der Waals surface area contributed by atoms with Crippen LogP contribution in [0.2, 0.25) is 0 Å². The summed E-state index contributed by atoms with van der Waals surface area (Å²) >= 11 is 0. The van der Waals surface area contributed by atoms with Crippen LogP contribution in [-0.4, -0.2) is 48.2 Å². The number of hydrogen-bond acceptors (Lipinski definition) is 3. The smallest absolute Gasteiger partial charge is 0.323 e. The number of aliphatic carboxylic acids is 1. The van der Waals surface area contributed by atoms with Gasteiger partial charge in [0.25, 0.3) is 0 Å². The third-order valence-corrected chi connectivity index (χ3v) is 3.40. The van der Waals surface area contributed by atoms with Gasteiger partial charge in [0.15, 0.2) is 0 Å². The molecule has 104 valence electrons. The maximum Gasteiger partial charge on any atom is 0.323 e. The van der Waals surface area contributed by atoms with Crippen LogP contribution >= 0.6 is 0 Å². The number of amides is 1. The molecular formula is C13H23NO4. The van der Waals surface area contributed by atoms with Crippen molar-refractivity contribution in [3.8, 4) is 0 Å². The zero-order valence-electron chi connectivity index (χ0n) is 11.1. The highest BCUT2D eigenvalue weighted by Crippen LogP contribution is 2.20. The molecule has 0 unspecified atom stereocenters. The van der Waals surface area contributed by atoms with Crippen LogP contribution in [0.25, 0.3) is 0 Å². The van der Waals surface area contributed by atoms with Gasteiger partial charge in [0.2, 0.25) is 5.91 Å². The van der Waals surface area contributed by atoms with E-state index in [9.17, 15) is 9.59 Å². The monoisotopic (exact) mass is 257 g/mol. The van der Waals surface area contributed by atoms with Crippen molar-refractivity contribution in [3.05, 3.63) is 0 Å². The number of hydrogen-bond donors (Lipinski definition) is 1. The average molecular weight is 257 g/mol. The SMILES string of the molecule is CCN(CC(=O)O)C(=O)CCCC1CCOCC1. The van der Waals surface area contributed by atoms with Crippen LogP contribution in [0, 0.1) is 5.92 Å². The highest BCUT2D eigenvalue weighted by atomic mass is 16.5. The van der Waals surface area contributed by atoms with Gasteiger partial charge in [-0.25, -0.2) is 0 Å². The minimum atomic E-state index is -0.949. The van der Waals surface area contributed by atoms with E-state index in [1.165, 1.54) is 4.90 Å². The number of carbonyl (C=O) groups excluding carboxylic acids is 1. The Balaban J connectivity index is 2.20. The van der Waals surface area contributed by atoms with Gasteiger partial charge in [-0.1, -0.05) is 0 Å². The van der Waals surface area contributed by atoms with E-state index in [1.54, 1.807) is 6.92 Å². The second-order valence-electron chi connectivity index (χ2n) is 4.75. The lowest BCUT2D eigenvalue weighted by Crippen LogP contribution is -2.35. The first-order valence-corrected chi connectivity index (χ1v) is 6.70. The first-order valence-electron chi connectivity index (χ1n) is 6.70. The van der Waals surface area contributed by atoms with Crippen molar-refractivity contribution in [3.63, 3.8) is 0 Å². The van der Waals surface area contributed by atoms with E-state index in [-0.39, 0.29) is 12.5 Å². The molecule has 5 nitrogen and oxygen atoms in total. The van der Waals surface area contributed by atoms with Gasteiger partial charge < -0.3 is 14.7 Å². The van der Waals surface area contributed by atoms with Crippen LogP contribution in [0.5, 0.6) is 0 Å². The predicted octanol–water partition coefficient (Wildman–Crippen LogP) is 1.52. The number of nitrogens with zero attached hydrogens (tertiary/aromatic N) is 1. The standard InChI is InChI=1S/C13H23NO4/c1-2-14(10-13(16)17)12(15)5-3-4-11-6-8-18-9-7-11/h11H,2-10H2,1H3,(H,16,17). The third kappa shape index (κ3) is 5.49. The Kier molecular flexibility index (Phi) is 6.72. The maximum atomic E-state index is 11.8. The number of likely N-dealkylation sites (N-methyl/N-ethyl adjacent to an activating group) is 1. The summed E-state index contributed by atoms with van der Waals surface area (Å²) in [6, 6.07) is 0. The molecule has 1 heterocycles. The third-order valence-electron chi connectivity index (χ3n) is 3.40. The van der Waals surface area contributed by atoms with Crippen molar-refractivity contribution < 1.29 is 19.4 Å². The molecule has 0 radical (unpaired) electrons. The molecule has 0 aliphatic carbocycles. The number of carbonyl (C=O) groups is 2. The van der Waals surface area contributed by atoms with E-state index in [2.05, 4.69) is 0 Å². The van der Waals surface area contributed by atoms with Crippen molar-refractivity contribution in [2.24, 2.45) is 5.92 Å². The molecule has 1 aliphatic rings. The van der Waals surface area contributed by atoms with Gasteiger partial charge in [0, 0.05) is 26.2 Å². The quantitative estimate of drug-likeness (QED) is 0.751. The molecule has 5 heteroatoms. The Hall–Kier alpha value is -1.10. The van der Waals surface area contributed by atoms with E-state index >= 15 is 0 Å². The molecule has 1 rings (SSSR count). The molecule has 0 aromatic carbocycles. The minimum absolute atomic E-state index is 0.0491. The zero-order chi connectivity index (χ0) is 13.4. The first kappa shape index (κ1) is 15.0. The lowest BCUT2D eigenvalue weighted by molar-refractivity contribution is -0.144. The first-order chi connectivity index (χ1) is 8.63. The van der Waals surface area contributed by atoms with Gasteiger partial charge >= 0.3 is 5.97 Å². The molecule has 1 saturated heterocycles. The fourth-order valence-electron chi connectivity index (χ4n) is 2.27. The Bertz CT molecular complexity index is 274. The van der Waals surface area contributed by atoms with Gasteiger partial charge in [-0.3, -0.25) is 9.59 Å². The van der Waals surface area contributed by atoms with Crippen molar-refractivity contribution in [1.82, 2.24) is 4.90 Å². The van der Waals surface area contributed by atoms with Crippen molar-refractivity contribution in [2.75, 3.05) is 26.3 Å². The zero-order valence-corrected chi connectivity index (χ0v) is 11.1. The van der Waals surface area contributed by atoms with Crippen molar-refractivity contribution >= 4 is 11.9 Å². The van der Waals surface area contributed by atoms with E-state index in [1.807, 2.05) is 0 Å². The van der Waals surface area contributed by atoms with Gasteiger partial charge in [0.05, 0.1) is 0 Å². The van der Waals surface area contributed by atoms with Crippen LogP contribution in [0.3, 0.4) is 0 Å². The Morgan fingerprint density at radius 2 is 2.00 bits per heavy atom. The topological polar surface area (TPSA) is 66.8 Å². The molecule has 0 saturated carbocycles. The summed E-state index contributed by atoms with van der Waals surface area (Å²) in [5.41, 5.74) is 0. The molecular weight excluding hydrogens is 234 g/mol. The summed E-state index contributed by atoms with van der Waals surface area (Å²) in [6.07, 6.45) is 4.51. The summed E-state index contributed by atoms with van der Waals surface area (Å²) in [6.45, 7) is 3.74. The molecule has 1 fully saturated rings. The molecule has 18 heavy (non-hydrogen) atoms. The predicted molar refractivity (Wildman–Crippen MR) is 67.3 cm³/mol. The van der Waals surface area contributed by atoms with E-state index < -0.39 is 5.97 Å². The molecule has 0 spiro atoms. The summed E-state index contributed by atoms with van der Waals surface area (Å²) in [7, 11) is 0. The van der Waals surface area contributed by atoms with Crippen LogP contribution in [0.15, 0.2) is 0 Å². The van der Waals surface area contributed by atoms with E-state index in [0.29, 0.717) is 18.9 Å². The van der Waals surface area contributed by atoms with Crippen LogP contribution in [-0.2, 0) is 14.3 Å². The van der Waals surface area contributed by atoms with Crippen molar-refractivity contribution in [2.45, 2.75) is 39.0 Å². The van der Waals surface area contributed by atoms with Gasteiger partial charge in [-0.2, -0.15) is 0 Å². The Morgan fingerprint density at radius 1 is 1.33 bits per heavy atom. The van der Waals surface area contributed by atoms with Crippen LogP contribution in [0.1, 0.15) is 39.0 Å². The minimum Gasteiger partial charge on any atom is -0.480 e. The molecule has 1 aliphatic heterocycles. The Labute approximate surface area is 108 Å². The maximum absolute atomic E-state index is 11.8. The average Bonchev–Trinajstić information content (AvgIpc) is 2.36. The fourth-order valence-corrected chi connectivity index (χ4v) is 2.27. The summed E-state index contributed by atoms with van der Waals surface area (Å²) in [4.78, 5) is 23.8. The molecule has 0 bridgehead atoms. The molecule has 0 atom stereocenters. The lowest BCUT2D eigenvalue weighted by atomic mass is 9.94. The number of carboxylic acid groups (broad SMARTS) is 1.